The average Bonchev–Trinajstić information content (AvgIpc) is 3.42. The molecule has 47 heavy (non-hydrogen) atoms. The van der Waals surface area contributed by atoms with Gasteiger partial charge < -0.3 is 30.1 Å². The van der Waals surface area contributed by atoms with Gasteiger partial charge in [-0.3, -0.25) is 19.3 Å². The zero-order chi connectivity index (χ0) is 34.7. The predicted molar refractivity (Wildman–Crippen MR) is 169 cm³/mol. The van der Waals surface area contributed by atoms with Crippen LogP contribution in [0.25, 0.3) is 0 Å². The number of hydrogen-bond donors (Lipinski definition) is 2. The smallest absolute Gasteiger partial charge is 0.358 e. The maximum atomic E-state index is 13.7. The van der Waals surface area contributed by atoms with Crippen molar-refractivity contribution in [3.63, 3.8) is 0 Å². The number of thiazole rings is 1. The zero-order valence-corrected chi connectivity index (χ0v) is 28.1. The number of aromatic nitrogens is 1. The van der Waals surface area contributed by atoms with Gasteiger partial charge in [0.25, 0.3) is 11.8 Å². The van der Waals surface area contributed by atoms with Crippen molar-refractivity contribution < 1.29 is 47.4 Å². The van der Waals surface area contributed by atoms with E-state index in [2.05, 4.69) is 15.5 Å². The van der Waals surface area contributed by atoms with Crippen molar-refractivity contribution in [1.82, 2.24) is 15.2 Å². The molecule has 4 rings (SSSR count). The molecule has 3 heterocycles. The lowest BCUT2D eigenvalue weighted by Crippen LogP contribution is -2.71. The van der Waals surface area contributed by atoms with E-state index in [1.807, 2.05) is 0 Å². The molecule has 2 amide bonds. The molecule has 1 aromatic heterocycles. The number of nitrogens with one attached hydrogen (secondary N) is 1. The number of thioether (sulfide) groups is 1. The molecular weight excluding hydrogens is 657 g/mol. The van der Waals surface area contributed by atoms with Crippen LogP contribution in [0, 0.1) is 16.6 Å². The van der Waals surface area contributed by atoms with Gasteiger partial charge in [-0.25, -0.2) is 19.0 Å². The molecule has 1 unspecified atom stereocenters. The van der Waals surface area contributed by atoms with E-state index in [4.69, 9.17) is 24.8 Å². The Labute approximate surface area is 277 Å². The van der Waals surface area contributed by atoms with E-state index in [1.165, 1.54) is 35.3 Å². The molecule has 2 aromatic rings. The van der Waals surface area contributed by atoms with Gasteiger partial charge in [0.1, 0.15) is 41.0 Å². The number of β-lactam (4-membered cyclic amide) rings is 1. The van der Waals surface area contributed by atoms with Gasteiger partial charge in [0.15, 0.2) is 10.8 Å². The molecule has 1 aromatic carbocycles. The molecule has 0 radical (unpaired) electrons. The number of nitrogen functional groups attached to an aromatic ring is 1. The molecular formula is C30H34FN5O9S2. The largest absolute Gasteiger partial charge is 0.489 e. The van der Waals surface area contributed by atoms with Crippen LogP contribution in [-0.4, -0.2) is 75.9 Å². The van der Waals surface area contributed by atoms with Gasteiger partial charge in [-0.1, -0.05) is 11.2 Å². The fourth-order valence-electron chi connectivity index (χ4n) is 3.97. The van der Waals surface area contributed by atoms with Crippen LogP contribution < -0.4 is 15.8 Å². The van der Waals surface area contributed by atoms with Crippen LogP contribution in [0.2, 0.25) is 0 Å². The van der Waals surface area contributed by atoms with Crippen LogP contribution in [0.5, 0.6) is 5.75 Å². The monoisotopic (exact) mass is 691 g/mol. The first kappa shape index (κ1) is 35.3. The van der Waals surface area contributed by atoms with E-state index in [1.54, 1.807) is 41.5 Å². The fourth-order valence-corrected chi connectivity index (χ4v) is 5.84. The maximum Gasteiger partial charge on any atom is 0.358 e. The highest BCUT2D eigenvalue weighted by Crippen LogP contribution is 2.41. The quantitative estimate of drug-likeness (QED) is 0.0927. The van der Waals surface area contributed by atoms with Crippen LogP contribution in [0.4, 0.5) is 9.52 Å². The van der Waals surface area contributed by atoms with Crippen LogP contribution >= 0.6 is 23.1 Å². The summed E-state index contributed by atoms with van der Waals surface area (Å²) in [6.07, 6.45) is 0. The first-order valence-corrected chi connectivity index (χ1v) is 16.1. The number of carbonyl (C=O) groups is 5. The third-order valence-electron chi connectivity index (χ3n) is 6.54. The minimum atomic E-state index is -1.13. The van der Waals surface area contributed by atoms with Gasteiger partial charge in [-0.2, -0.15) is 0 Å². The highest BCUT2D eigenvalue weighted by atomic mass is 32.2. The first-order valence-electron chi connectivity index (χ1n) is 14.2. The topological polar surface area (TPSA) is 189 Å². The lowest BCUT2D eigenvalue weighted by Gasteiger charge is -2.49. The molecule has 17 heteroatoms. The van der Waals surface area contributed by atoms with Crippen LogP contribution in [-0.2, 0) is 38.3 Å². The molecule has 14 nitrogen and oxygen atoms in total. The van der Waals surface area contributed by atoms with Crippen molar-refractivity contribution in [2.75, 3.05) is 24.9 Å². The molecule has 1 saturated heterocycles. The summed E-state index contributed by atoms with van der Waals surface area (Å²) in [7, 11) is 0. The van der Waals surface area contributed by atoms with E-state index in [0.717, 1.165) is 22.3 Å². The van der Waals surface area contributed by atoms with E-state index < -0.39 is 64.6 Å². The van der Waals surface area contributed by atoms with E-state index in [9.17, 15) is 28.4 Å². The third kappa shape index (κ3) is 8.45. The number of nitrogens with two attached hydrogens (primary N) is 1. The minimum absolute atomic E-state index is 0.0254. The summed E-state index contributed by atoms with van der Waals surface area (Å²) in [5.74, 6) is -4.01. The average molecular weight is 692 g/mol. The fraction of sp³-hybridized carbons (Fsp3) is 0.433. The number of oxime groups is 1. The Balaban J connectivity index is 1.55. The van der Waals surface area contributed by atoms with Crippen molar-refractivity contribution in [3.05, 3.63) is 52.4 Å². The molecule has 1 fully saturated rings. The number of carbonyl (C=O) groups excluding carboxylic acids is 5. The Kier molecular flexibility index (Phi) is 10.6. The van der Waals surface area contributed by atoms with Crippen molar-refractivity contribution in [3.8, 4) is 5.75 Å². The second-order valence-electron chi connectivity index (χ2n) is 12.4. The number of amides is 2. The lowest BCUT2D eigenvalue weighted by atomic mass is 9.98. The van der Waals surface area contributed by atoms with E-state index in [-0.39, 0.29) is 40.3 Å². The summed E-state index contributed by atoms with van der Waals surface area (Å²) in [6, 6.07) is 4.27. The molecule has 0 bridgehead atoms. The van der Waals surface area contributed by atoms with Gasteiger partial charge in [0, 0.05) is 22.8 Å². The molecule has 0 spiro atoms. The summed E-state index contributed by atoms with van der Waals surface area (Å²) in [5.41, 5.74) is 3.78. The van der Waals surface area contributed by atoms with E-state index in [0.29, 0.717) is 5.57 Å². The van der Waals surface area contributed by atoms with Crippen molar-refractivity contribution >= 4 is 63.7 Å². The SMILES string of the molecule is CC(C)(C)C(=O)OCOC(=O)C1=C(COc2cccc(F)c2)CS[C@H]2C(NC(=O)C(=NOC(=O)C(C)(C)C)c3csc(N)n3)C(=O)N12. The third-order valence-corrected chi connectivity index (χ3v) is 8.55. The minimum Gasteiger partial charge on any atom is -0.489 e. The van der Waals surface area contributed by atoms with Gasteiger partial charge >= 0.3 is 17.9 Å². The van der Waals surface area contributed by atoms with Crippen LogP contribution in [0.15, 0.2) is 46.1 Å². The lowest BCUT2D eigenvalue weighted by molar-refractivity contribution is -0.173. The van der Waals surface area contributed by atoms with Gasteiger partial charge in [0.2, 0.25) is 6.79 Å². The van der Waals surface area contributed by atoms with Gasteiger partial charge in [-0.15, -0.1) is 23.1 Å². The Morgan fingerprint density at radius 3 is 2.43 bits per heavy atom. The number of nitrogens with zero attached hydrogens (tertiary/aromatic N) is 3. The number of rotatable bonds is 10. The number of fused-ring (bicyclic) bond motifs is 1. The Morgan fingerprint density at radius 1 is 1.11 bits per heavy atom. The number of hydrogen-bond acceptors (Lipinski definition) is 14. The summed E-state index contributed by atoms with van der Waals surface area (Å²) in [4.78, 5) is 74.9. The Hall–Kier alpha value is -4.51. The number of halogens is 1. The summed E-state index contributed by atoms with van der Waals surface area (Å²) in [6.45, 7) is 8.81. The number of anilines is 1. The Morgan fingerprint density at radius 2 is 1.81 bits per heavy atom. The van der Waals surface area contributed by atoms with Crippen molar-refractivity contribution in [2.24, 2.45) is 16.0 Å². The highest BCUT2D eigenvalue weighted by Gasteiger charge is 2.55. The molecule has 2 aliphatic rings. The molecule has 2 atom stereocenters. The Bertz CT molecular complexity index is 1640. The highest BCUT2D eigenvalue weighted by molar-refractivity contribution is 8.00. The predicted octanol–water partition coefficient (Wildman–Crippen LogP) is 2.98. The number of esters is 2. The number of benzene rings is 1. The van der Waals surface area contributed by atoms with Crippen molar-refractivity contribution in [1.29, 1.82) is 0 Å². The first-order chi connectivity index (χ1) is 22.0. The zero-order valence-electron chi connectivity index (χ0n) is 26.5. The normalized spacial score (nSPS) is 18.1. The molecule has 0 saturated carbocycles. The summed E-state index contributed by atoms with van der Waals surface area (Å²) in [5, 5.41) is 7.13. The second kappa shape index (κ2) is 14.1. The van der Waals surface area contributed by atoms with Crippen LogP contribution in [0.3, 0.4) is 0 Å². The maximum absolute atomic E-state index is 13.7. The molecule has 0 aliphatic carbocycles. The van der Waals surface area contributed by atoms with Gasteiger partial charge in [-0.05, 0) is 53.7 Å². The molecule has 2 aliphatic heterocycles. The van der Waals surface area contributed by atoms with E-state index >= 15 is 0 Å². The standard InChI is InChI=1S/C30H34FN5O9S2/c1-29(2,3)26(40)44-14-43-25(39)21-15(11-42-17-9-7-8-16(31)10-17)12-46-24-20(23(38)36(21)24)34-22(37)19(18-13-47-28(32)33-18)35-45-27(41)30(4,5)6/h7-10,13,20,24H,11-12,14H2,1-6H3,(H2,32,33)(H,34,37)/t20?,24-/m0/s1. The summed E-state index contributed by atoms with van der Waals surface area (Å²) >= 11 is 2.25. The molecule has 3 N–H and O–H groups in total. The van der Waals surface area contributed by atoms with Gasteiger partial charge in [0.05, 0.1) is 10.8 Å². The number of ether oxygens (including phenoxy) is 3. The summed E-state index contributed by atoms with van der Waals surface area (Å²) < 4.78 is 29.7. The molecule has 252 valence electrons. The second-order valence-corrected chi connectivity index (χ2v) is 14.4. The van der Waals surface area contributed by atoms with Crippen LogP contribution in [0.1, 0.15) is 47.2 Å². The van der Waals surface area contributed by atoms with Crippen molar-refractivity contribution in [2.45, 2.75) is 53.0 Å².